The van der Waals surface area contributed by atoms with E-state index in [1.54, 1.807) is 0 Å². The molecule has 0 spiro atoms. The molecule has 0 saturated carbocycles. The third-order valence-corrected chi connectivity index (χ3v) is 0.976. The van der Waals surface area contributed by atoms with Gasteiger partial charge in [0.2, 0.25) is 0 Å². The van der Waals surface area contributed by atoms with Crippen LogP contribution < -0.4 is 0 Å². The van der Waals surface area contributed by atoms with Gasteiger partial charge in [0.15, 0.2) is 5.12 Å². The standard InChI is InChI=1S/C5H9ClO.C2H4OS/c1-2-3-5(7)4-6;1-2(3)4/h2-4H2,1H3;1H3,(H,3,4). The second-order valence-electron chi connectivity index (χ2n) is 1.94. The van der Waals surface area contributed by atoms with Crippen LogP contribution in [-0.2, 0) is 9.59 Å². The van der Waals surface area contributed by atoms with Gasteiger partial charge >= 0.3 is 0 Å². The number of carbonyl (C=O) groups excluding carboxylic acids is 2. The van der Waals surface area contributed by atoms with Gasteiger partial charge in [0.25, 0.3) is 0 Å². The van der Waals surface area contributed by atoms with Crippen LogP contribution in [0.4, 0.5) is 0 Å². The zero-order valence-electron chi connectivity index (χ0n) is 6.76. The highest BCUT2D eigenvalue weighted by Gasteiger charge is 1.93. The Bertz CT molecular complexity index is 122. The molecule has 66 valence electrons. The molecule has 0 radical (unpaired) electrons. The average molecular weight is 197 g/mol. The first-order valence-electron chi connectivity index (χ1n) is 3.31. The van der Waals surface area contributed by atoms with E-state index in [2.05, 4.69) is 12.6 Å². The summed E-state index contributed by atoms with van der Waals surface area (Å²) in [6, 6.07) is 0. The highest BCUT2D eigenvalue weighted by atomic mass is 35.5. The molecule has 4 heteroatoms. The summed E-state index contributed by atoms with van der Waals surface area (Å²) in [4.78, 5) is 19.6. The highest BCUT2D eigenvalue weighted by molar-refractivity contribution is 7.96. The Labute approximate surface area is 77.7 Å². The predicted molar refractivity (Wildman–Crippen MR) is 50.3 cm³/mol. The van der Waals surface area contributed by atoms with Crippen LogP contribution in [0.5, 0.6) is 0 Å². The van der Waals surface area contributed by atoms with E-state index in [-0.39, 0.29) is 16.8 Å². The highest BCUT2D eigenvalue weighted by Crippen LogP contribution is 1.89. The van der Waals surface area contributed by atoms with E-state index in [0.29, 0.717) is 6.42 Å². The number of alkyl halides is 1. The SMILES string of the molecule is CC(=O)S.CCCC(=O)CCl. The van der Waals surface area contributed by atoms with Gasteiger partial charge in [-0.2, -0.15) is 0 Å². The van der Waals surface area contributed by atoms with Crippen molar-refractivity contribution in [3.8, 4) is 0 Å². The molecule has 0 heterocycles. The summed E-state index contributed by atoms with van der Waals surface area (Å²) in [6.45, 7) is 3.35. The Hall–Kier alpha value is -0.0200. The second-order valence-corrected chi connectivity index (χ2v) is 2.84. The minimum atomic E-state index is -0.139. The van der Waals surface area contributed by atoms with Gasteiger partial charge in [0.05, 0.1) is 5.88 Å². The molecule has 0 bridgehead atoms. The molecule has 0 rings (SSSR count). The van der Waals surface area contributed by atoms with E-state index < -0.39 is 0 Å². The Kier molecular flexibility index (Phi) is 12.3. The van der Waals surface area contributed by atoms with Crippen molar-refractivity contribution in [2.75, 3.05) is 5.88 Å². The third kappa shape index (κ3) is 25.6. The Morgan fingerprint density at radius 2 is 1.82 bits per heavy atom. The number of thiol groups is 1. The summed E-state index contributed by atoms with van der Waals surface area (Å²) in [6.07, 6.45) is 1.54. The fourth-order valence-corrected chi connectivity index (χ4v) is 0.479. The van der Waals surface area contributed by atoms with Crippen LogP contribution in [0.2, 0.25) is 0 Å². The molecule has 11 heavy (non-hydrogen) atoms. The van der Waals surface area contributed by atoms with Crippen molar-refractivity contribution < 1.29 is 9.59 Å². The summed E-state index contributed by atoms with van der Waals surface area (Å²) in [5.41, 5.74) is 0. The van der Waals surface area contributed by atoms with Gasteiger partial charge in [-0.25, -0.2) is 0 Å². The lowest BCUT2D eigenvalue weighted by Crippen LogP contribution is -1.96. The summed E-state index contributed by atoms with van der Waals surface area (Å²) in [7, 11) is 0. The van der Waals surface area contributed by atoms with E-state index in [1.165, 1.54) is 6.92 Å². The largest absolute Gasteiger partial charge is 0.298 e. The van der Waals surface area contributed by atoms with Crippen molar-refractivity contribution in [2.24, 2.45) is 0 Å². The zero-order valence-corrected chi connectivity index (χ0v) is 8.41. The molecule has 0 aromatic rings. The molecular weight excluding hydrogens is 184 g/mol. The number of carbonyl (C=O) groups is 2. The monoisotopic (exact) mass is 196 g/mol. The van der Waals surface area contributed by atoms with Gasteiger partial charge < -0.3 is 0 Å². The number of rotatable bonds is 3. The maximum absolute atomic E-state index is 10.3. The lowest BCUT2D eigenvalue weighted by atomic mass is 10.3. The summed E-state index contributed by atoms with van der Waals surface area (Å²) in [5.74, 6) is 0.317. The van der Waals surface area contributed by atoms with Crippen molar-refractivity contribution in [3.05, 3.63) is 0 Å². The second kappa shape index (κ2) is 9.98. The Balaban J connectivity index is 0. The molecule has 0 atom stereocenters. The number of hydrogen-bond acceptors (Lipinski definition) is 2. The van der Waals surface area contributed by atoms with Crippen LogP contribution in [0.15, 0.2) is 0 Å². The molecule has 0 aromatic heterocycles. The first-order chi connectivity index (χ1) is 5.04. The minimum Gasteiger partial charge on any atom is -0.298 e. The van der Waals surface area contributed by atoms with Crippen LogP contribution in [0, 0.1) is 0 Å². The molecule has 0 aliphatic rings. The first kappa shape index (κ1) is 13.6. The normalized spacial score (nSPS) is 8.00. The van der Waals surface area contributed by atoms with Crippen molar-refractivity contribution in [3.63, 3.8) is 0 Å². The number of hydrogen-bond donors (Lipinski definition) is 1. The summed E-state index contributed by atoms with van der Waals surface area (Å²) < 4.78 is 0. The van der Waals surface area contributed by atoms with Gasteiger partial charge in [-0.15, -0.1) is 24.2 Å². The van der Waals surface area contributed by atoms with E-state index in [4.69, 9.17) is 11.6 Å². The van der Waals surface area contributed by atoms with Crippen molar-refractivity contribution in [2.45, 2.75) is 26.7 Å². The lowest BCUT2D eigenvalue weighted by Gasteiger charge is -1.85. The number of Topliss-reactive ketones (excluding diaryl/α,β-unsaturated/α-hetero) is 1. The smallest absolute Gasteiger partial charge is 0.182 e. The quantitative estimate of drug-likeness (QED) is 0.554. The average Bonchev–Trinajstić information content (AvgIpc) is 1.87. The van der Waals surface area contributed by atoms with Crippen LogP contribution in [0.1, 0.15) is 26.7 Å². The van der Waals surface area contributed by atoms with E-state index >= 15 is 0 Å². The molecule has 0 N–H and O–H groups in total. The van der Waals surface area contributed by atoms with Gasteiger partial charge in [-0.3, -0.25) is 9.59 Å². The lowest BCUT2D eigenvalue weighted by molar-refractivity contribution is -0.116. The molecule has 0 aromatic carbocycles. The maximum Gasteiger partial charge on any atom is 0.182 e. The Morgan fingerprint density at radius 1 is 1.45 bits per heavy atom. The number of halogens is 1. The van der Waals surface area contributed by atoms with Crippen LogP contribution in [0.25, 0.3) is 0 Å². The van der Waals surface area contributed by atoms with Crippen molar-refractivity contribution in [1.29, 1.82) is 0 Å². The molecular formula is C7H13ClO2S. The van der Waals surface area contributed by atoms with Crippen LogP contribution >= 0.6 is 24.2 Å². The fraction of sp³-hybridized carbons (Fsp3) is 0.714. The van der Waals surface area contributed by atoms with Crippen molar-refractivity contribution >= 4 is 35.1 Å². The molecule has 0 aliphatic heterocycles. The van der Waals surface area contributed by atoms with Gasteiger partial charge in [-0.1, -0.05) is 6.92 Å². The van der Waals surface area contributed by atoms with Crippen LogP contribution in [0.3, 0.4) is 0 Å². The van der Waals surface area contributed by atoms with Gasteiger partial charge in [0.1, 0.15) is 5.78 Å². The minimum absolute atomic E-state index is 0.139. The van der Waals surface area contributed by atoms with E-state index in [0.717, 1.165) is 6.42 Å². The van der Waals surface area contributed by atoms with Crippen LogP contribution in [-0.4, -0.2) is 16.8 Å². The molecule has 0 saturated heterocycles. The molecule has 0 amide bonds. The third-order valence-electron chi connectivity index (χ3n) is 0.678. The zero-order chi connectivity index (χ0) is 9.28. The molecule has 2 nitrogen and oxygen atoms in total. The maximum atomic E-state index is 10.3. The topological polar surface area (TPSA) is 34.1 Å². The summed E-state index contributed by atoms with van der Waals surface area (Å²) in [5, 5.41) is -0.139. The fourth-order valence-electron chi connectivity index (χ4n) is 0.346. The predicted octanol–water partition coefficient (Wildman–Crippen LogP) is 2.06. The Morgan fingerprint density at radius 3 is 1.91 bits per heavy atom. The van der Waals surface area contributed by atoms with Gasteiger partial charge in [-0.05, 0) is 6.42 Å². The van der Waals surface area contributed by atoms with E-state index in [9.17, 15) is 9.59 Å². The van der Waals surface area contributed by atoms with Gasteiger partial charge in [0, 0.05) is 13.3 Å². The molecule has 0 fully saturated rings. The first-order valence-corrected chi connectivity index (χ1v) is 4.30. The summed E-state index contributed by atoms with van der Waals surface area (Å²) >= 11 is 8.51. The molecule has 0 aliphatic carbocycles. The number of ketones is 1. The molecule has 0 unspecified atom stereocenters. The van der Waals surface area contributed by atoms with Crippen molar-refractivity contribution in [1.82, 2.24) is 0 Å². The van der Waals surface area contributed by atoms with E-state index in [1.807, 2.05) is 6.92 Å².